The van der Waals surface area contributed by atoms with Crippen LogP contribution in [0.15, 0.2) is 55.0 Å². The Hall–Kier alpha value is -3.22. The fraction of sp³-hybridized carbons (Fsp3) is 0.300. The van der Waals surface area contributed by atoms with Crippen molar-refractivity contribution in [3.63, 3.8) is 0 Å². The summed E-state index contributed by atoms with van der Waals surface area (Å²) in [4.78, 5) is 23.2. The zero-order chi connectivity index (χ0) is 19.1. The largest absolute Gasteiger partial charge is 0.359 e. The van der Waals surface area contributed by atoms with Crippen LogP contribution in [-0.2, 0) is 24.3 Å². The van der Waals surface area contributed by atoms with Gasteiger partial charge in [0.2, 0.25) is 5.91 Å². The van der Waals surface area contributed by atoms with E-state index in [0.717, 1.165) is 35.7 Å². The van der Waals surface area contributed by atoms with Crippen molar-refractivity contribution >= 4 is 11.7 Å². The summed E-state index contributed by atoms with van der Waals surface area (Å²) < 4.78 is 1.68. The molecule has 3 aromatic rings. The van der Waals surface area contributed by atoms with Gasteiger partial charge in [0.25, 0.3) is 0 Å². The van der Waals surface area contributed by atoms with Crippen LogP contribution in [0.4, 0.5) is 5.82 Å². The van der Waals surface area contributed by atoms with Gasteiger partial charge in [-0.3, -0.25) is 14.5 Å². The van der Waals surface area contributed by atoms with E-state index in [4.69, 9.17) is 0 Å². The first kappa shape index (κ1) is 18.6. The number of nitrogens with zero attached hydrogens (tertiary/aromatic N) is 5. The highest BCUT2D eigenvalue weighted by atomic mass is 16.2. The number of hydrogen-bond donors (Lipinski definition) is 1. The topological polar surface area (TPSA) is 75.9 Å². The van der Waals surface area contributed by atoms with E-state index in [1.807, 2.05) is 50.4 Å². The van der Waals surface area contributed by atoms with Crippen molar-refractivity contribution in [2.75, 3.05) is 18.5 Å². The number of hydrogen-bond acceptors (Lipinski definition) is 5. The van der Waals surface area contributed by atoms with Crippen molar-refractivity contribution in [2.24, 2.45) is 0 Å². The number of rotatable bonds is 8. The van der Waals surface area contributed by atoms with Crippen LogP contribution in [0, 0.1) is 6.92 Å². The van der Waals surface area contributed by atoms with Crippen molar-refractivity contribution in [1.82, 2.24) is 25.1 Å². The number of carbonyl (C=O) groups excluding carboxylic acids is 1. The first-order chi connectivity index (χ1) is 13.1. The molecule has 0 aliphatic heterocycles. The average Bonchev–Trinajstić information content (AvgIpc) is 3.10. The molecule has 0 atom stereocenters. The van der Waals surface area contributed by atoms with Crippen LogP contribution < -0.4 is 10.2 Å². The molecule has 0 unspecified atom stereocenters. The van der Waals surface area contributed by atoms with E-state index in [-0.39, 0.29) is 12.5 Å². The van der Waals surface area contributed by atoms with Crippen LogP contribution >= 0.6 is 0 Å². The molecular formula is C20H24N6O. The molecule has 0 fully saturated rings. The molecule has 1 amide bonds. The third-order valence-electron chi connectivity index (χ3n) is 4.36. The van der Waals surface area contributed by atoms with Crippen molar-refractivity contribution in [3.8, 4) is 0 Å². The lowest BCUT2D eigenvalue weighted by atomic mass is 10.2. The standard InChI is InChI=1S/C20H24N6O/c1-16-8-12-24-26(16)15-19(27)23-14-17-6-5-11-22-20(17)25(2)13-9-18-7-3-4-10-21-18/h3-8,10-12H,9,13-15H2,1-2H3,(H,23,27). The monoisotopic (exact) mass is 364 g/mol. The third kappa shape index (κ3) is 5.13. The number of anilines is 1. The molecule has 0 saturated carbocycles. The predicted molar refractivity (Wildman–Crippen MR) is 104 cm³/mol. The molecule has 3 rings (SSSR count). The van der Waals surface area contributed by atoms with Crippen molar-refractivity contribution in [3.05, 3.63) is 71.9 Å². The summed E-state index contributed by atoms with van der Waals surface area (Å²) in [6, 6.07) is 11.7. The lowest BCUT2D eigenvalue weighted by molar-refractivity contribution is -0.122. The lowest BCUT2D eigenvalue weighted by Crippen LogP contribution is -2.29. The van der Waals surface area contributed by atoms with E-state index < -0.39 is 0 Å². The summed E-state index contributed by atoms with van der Waals surface area (Å²) in [6.45, 7) is 3.36. The second-order valence-electron chi connectivity index (χ2n) is 6.39. The quantitative estimate of drug-likeness (QED) is 0.661. The van der Waals surface area contributed by atoms with Crippen LogP contribution in [-0.4, -0.2) is 39.2 Å². The summed E-state index contributed by atoms with van der Waals surface area (Å²) in [6.07, 6.45) is 6.10. The van der Waals surface area contributed by atoms with Crippen LogP contribution in [0.5, 0.6) is 0 Å². The molecule has 27 heavy (non-hydrogen) atoms. The fourth-order valence-corrected chi connectivity index (χ4v) is 2.80. The molecule has 7 nitrogen and oxygen atoms in total. The van der Waals surface area contributed by atoms with Crippen LogP contribution in [0.25, 0.3) is 0 Å². The maximum atomic E-state index is 12.2. The molecule has 0 aliphatic carbocycles. The van der Waals surface area contributed by atoms with Gasteiger partial charge in [0.1, 0.15) is 12.4 Å². The van der Waals surface area contributed by atoms with Crippen LogP contribution in [0.2, 0.25) is 0 Å². The third-order valence-corrected chi connectivity index (χ3v) is 4.36. The minimum absolute atomic E-state index is 0.0762. The van der Waals surface area contributed by atoms with Gasteiger partial charge in [-0.1, -0.05) is 12.1 Å². The van der Waals surface area contributed by atoms with Gasteiger partial charge in [-0.2, -0.15) is 5.10 Å². The Kier molecular flexibility index (Phi) is 6.14. The number of likely N-dealkylation sites (N-methyl/N-ethyl adjacent to an activating group) is 1. The zero-order valence-electron chi connectivity index (χ0n) is 15.7. The van der Waals surface area contributed by atoms with Crippen LogP contribution in [0.3, 0.4) is 0 Å². The van der Waals surface area contributed by atoms with Gasteiger partial charge >= 0.3 is 0 Å². The lowest BCUT2D eigenvalue weighted by Gasteiger charge is -2.21. The van der Waals surface area contributed by atoms with Gasteiger partial charge in [-0.15, -0.1) is 0 Å². The number of pyridine rings is 2. The van der Waals surface area contributed by atoms with E-state index in [9.17, 15) is 4.79 Å². The van der Waals surface area contributed by atoms with Crippen LogP contribution in [0.1, 0.15) is 17.0 Å². The second-order valence-corrected chi connectivity index (χ2v) is 6.39. The Morgan fingerprint density at radius 3 is 2.70 bits per heavy atom. The number of nitrogens with one attached hydrogen (secondary N) is 1. The second kappa shape index (κ2) is 8.93. The number of aromatic nitrogens is 4. The molecule has 3 aromatic heterocycles. The highest BCUT2D eigenvalue weighted by molar-refractivity contribution is 5.75. The summed E-state index contributed by atoms with van der Waals surface area (Å²) in [7, 11) is 2.00. The molecule has 1 N–H and O–H groups in total. The molecular weight excluding hydrogens is 340 g/mol. The highest BCUT2D eigenvalue weighted by Crippen LogP contribution is 2.16. The number of carbonyl (C=O) groups is 1. The zero-order valence-corrected chi connectivity index (χ0v) is 15.7. The van der Waals surface area contributed by atoms with E-state index in [1.165, 1.54) is 0 Å². The Balaban J connectivity index is 1.58. The van der Waals surface area contributed by atoms with Gasteiger partial charge in [-0.25, -0.2) is 4.98 Å². The van der Waals surface area contributed by atoms with Gasteiger partial charge in [0, 0.05) is 62.1 Å². The minimum Gasteiger partial charge on any atom is -0.359 e. The fourth-order valence-electron chi connectivity index (χ4n) is 2.80. The highest BCUT2D eigenvalue weighted by Gasteiger charge is 2.11. The molecule has 0 saturated heterocycles. The van der Waals surface area contributed by atoms with E-state index >= 15 is 0 Å². The maximum Gasteiger partial charge on any atom is 0.242 e. The molecule has 140 valence electrons. The predicted octanol–water partition coefficient (Wildman–Crippen LogP) is 1.98. The molecule has 0 spiro atoms. The van der Waals surface area contributed by atoms with Crippen molar-refractivity contribution in [1.29, 1.82) is 0 Å². The smallest absolute Gasteiger partial charge is 0.242 e. The van der Waals surface area contributed by atoms with E-state index in [0.29, 0.717) is 6.54 Å². The van der Waals surface area contributed by atoms with E-state index in [1.54, 1.807) is 23.3 Å². The van der Waals surface area contributed by atoms with Crippen molar-refractivity contribution in [2.45, 2.75) is 26.4 Å². The molecule has 3 heterocycles. The van der Waals surface area contributed by atoms with Gasteiger partial charge in [-0.05, 0) is 31.2 Å². The maximum absolute atomic E-state index is 12.2. The summed E-state index contributed by atoms with van der Waals surface area (Å²) in [5.74, 6) is 0.789. The minimum atomic E-state index is -0.0762. The first-order valence-corrected chi connectivity index (χ1v) is 8.93. The molecule has 7 heteroatoms. The Bertz CT molecular complexity index is 877. The summed E-state index contributed by atoms with van der Waals surface area (Å²) in [5.41, 5.74) is 2.98. The summed E-state index contributed by atoms with van der Waals surface area (Å²) in [5, 5.41) is 7.09. The molecule has 0 aliphatic rings. The van der Waals surface area contributed by atoms with Gasteiger partial charge < -0.3 is 10.2 Å². The number of aryl methyl sites for hydroxylation is 1. The van der Waals surface area contributed by atoms with Gasteiger partial charge in [0.05, 0.1) is 0 Å². The Morgan fingerprint density at radius 2 is 1.96 bits per heavy atom. The molecule has 0 bridgehead atoms. The Morgan fingerprint density at radius 1 is 1.11 bits per heavy atom. The van der Waals surface area contributed by atoms with E-state index in [2.05, 4.69) is 25.3 Å². The Labute approximate surface area is 159 Å². The normalized spacial score (nSPS) is 10.6. The first-order valence-electron chi connectivity index (χ1n) is 8.93. The molecule has 0 radical (unpaired) electrons. The summed E-state index contributed by atoms with van der Waals surface area (Å²) >= 11 is 0. The SMILES string of the molecule is Cc1ccnn1CC(=O)NCc1cccnc1N(C)CCc1ccccn1. The average molecular weight is 364 g/mol. The van der Waals surface area contributed by atoms with Gasteiger partial charge in [0.15, 0.2) is 0 Å². The van der Waals surface area contributed by atoms with Crippen molar-refractivity contribution < 1.29 is 4.79 Å². The number of amides is 1. The molecule has 0 aromatic carbocycles.